The average molecular weight is 300 g/mol. The minimum absolute atomic E-state index is 0.0229. The minimum atomic E-state index is -3.97. The average Bonchev–Trinajstić information content (AvgIpc) is 2.86. The van der Waals surface area contributed by atoms with Crippen molar-refractivity contribution in [3.63, 3.8) is 0 Å². The molecule has 9 heteroatoms. The molecule has 1 aromatic heterocycles. The molecule has 0 atom stereocenters. The molecule has 108 valence electrons. The molecule has 0 unspecified atom stereocenters. The van der Waals surface area contributed by atoms with Gasteiger partial charge in [0.1, 0.15) is 10.7 Å². The van der Waals surface area contributed by atoms with Gasteiger partial charge in [-0.2, -0.15) is 4.98 Å². The van der Waals surface area contributed by atoms with Gasteiger partial charge in [0.05, 0.1) is 0 Å². The highest BCUT2D eigenvalue weighted by atomic mass is 32.2. The molecule has 0 saturated carbocycles. The van der Waals surface area contributed by atoms with Crippen LogP contribution in [0.3, 0.4) is 0 Å². The molecule has 3 N–H and O–H groups in total. The van der Waals surface area contributed by atoms with Gasteiger partial charge in [0.15, 0.2) is 5.82 Å². The molecular formula is C11H13FN4O3S. The van der Waals surface area contributed by atoms with E-state index in [1.54, 1.807) is 6.92 Å². The zero-order chi connectivity index (χ0) is 14.8. The zero-order valence-electron chi connectivity index (χ0n) is 10.6. The molecule has 0 aliphatic carbocycles. The van der Waals surface area contributed by atoms with Crippen molar-refractivity contribution < 1.29 is 17.3 Å². The number of aromatic nitrogens is 2. The lowest BCUT2D eigenvalue weighted by molar-refractivity contribution is 0.409. The summed E-state index contributed by atoms with van der Waals surface area (Å²) in [4.78, 5) is 3.27. The second-order valence-electron chi connectivity index (χ2n) is 4.13. The number of nitrogens with zero attached hydrogens (tertiary/aromatic N) is 2. The van der Waals surface area contributed by atoms with Crippen LogP contribution in [-0.4, -0.2) is 25.1 Å². The van der Waals surface area contributed by atoms with E-state index in [9.17, 15) is 12.8 Å². The van der Waals surface area contributed by atoms with E-state index in [2.05, 4.69) is 19.4 Å². The molecule has 1 aromatic carbocycles. The van der Waals surface area contributed by atoms with E-state index in [0.717, 1.165) is 18.5 Å². The van der Waals surface area contributed by atoms with Crippen LogP contribution in [0.2, 0.25) is 0 Å². The Labute approximate surface area is 115 Å². The normalized spacial score (nSPS) is 11.7. The van der Waals surface area contributed by atoms with Gasteiger partial charge in [0, 0.05) is 18.7 Å². The maximum Gasteiger partial charge on any atom is 0.243 e. The van der Waals surface area contributed by atoms with Crippen LogP contribution >= 0.6 is 0 Å². The molecule has 0 radical (unpaired) electrons. The van der Waals surface area contributed by atoms with Gasteiger partial charge in [-0.15, -0.1) is 0 Å². The standard InChI is InChI=1S/C11H13FN4O3S/c1-7-4-8(12)10(5-9(7)13)20(17,18)15-3-2-11-14-6-19-16-11/h4-6,15H,2-3,13H2,1H3. The van der Waals surface area contributed by atoms with Gasteiger partial charge in [-0.05, 0) is 24.6 Å². The third kappa shape index (κ3) is 3.11. The largest absolute Gasteiger partial charge is 0.398 e. The van der Waals surface area contributed by atoms with Crippen molar-refractivity contribution >= 4 is 15.7 Å². The van der Waals surface area contributed by atoms with Gasteiger partial charge in [0.2, 0.25) is 16.4 Å². The van der Waals surface area contributed by atoms with Gasteiger partial charge < -0.3 is 10.3 Å². The molecule has 0 aliphatic heterocycles. The summed E-state index contributed by atoms with van der Waals surface area (Å²) in [7, 11) is -3.97. The number of hydrogen-bond acceptors (Lipinski definition) is 6. The van der Waals surface area contributed by atoms with Crippen molar-refractivity contribution in [2.24, 2.45) is 0 Å². The number of hydrogen-bond donors (Lipinski definition) is 2. The molecule has 2 aromatic rings. The van der Waals surface area contributed by atoms with E-state index in [0.29, 0.717) is 11.4 Å². The molecule has 0 fully saturated rings. The number of nitrogens with one attached hydrogen (secondary N) is 1. The van der Waals surface area contributed by atoms with Crippen molar-refractivity contribution in [2.45, 2.75) is 18.2 Å². The lowest BCUT2D eigenvalue weighted by Crippen LogP contribution is -2.27. The van der Waals surface area contributed by atoms with Crippen LogP contribution in [0.5, 0.6) is 0 Å². The van der Waals surface area contributed by atoms with E-state index in [-0.39, 0.29) is 18.7 Å². The smallest absolute Gasteiger partial charge is 0.243 e. The van der Waals surface area contributed by atoms with Crippen molar-refractivity contribution in [3.05, 3.63) is 35.7 Å². The topological polar surface area (TPSA) is 111 Å². The third-order valence-electron chi connectivity index (χ3n) is 2.66. The molecule has 20 heavy (non-hydrogen) atoms. The fourth-order valence-electron chi connectivity index (χ4n) is 1.55. The van der Waals surface area contributed by atoms with Crippen molar-refractivity contribution in [2.75, 3.05) is 12.3 Å². The Morgan fingerprint density at radius 1 is 1.45 bits per heavy atom. The Kier molecular flexibility index (Phi) is 4.00. The number of aryl methyl sites for hydroxylation is 1. The minimum Gasteiger partial charge on any atom is -0.398 e. The van der Waals surface area contributed by atoms with Gasteiger partial charge in [-0.3, -0.25) is 0 Å². The monoisotopic (exact) mass is 300 g/mol. The van der Waals surface area contributed by atoms with Gasteiger partial charge in [-0.1, -0.05) is 5.16 Å². The molecule has 0 saturated heterocycles. The van der Waals surface area contributed by atoms with Crippen LogP contribution in [0.4, 0.5) is 10.1 Å². The van der Waals surface area contributed by atoms with E-state index in [1.807, 2.05) is 0 Å². The molecule has 0 aliphatic rings. The van der Waals surface area contributed by atoms with Gasteiger partial charge in [-0.25, -0.2) is 17.5 Å². The predicted molar refractivity (Wildman–Crippen MR) is 68.7 cm³/mol. The van der Waals surface area contributed by atoms with Crippen LogP contribution in [0, 0.1) is 12.7 Å². The highest BCUT2D eigenvalue weighted by Gasteiger charge is 2.20. The van der Waals surface area contributed by atoms with E-state index in [1.165, 1.54) is 0 Å². The number of nitrogens with two attached hydrogens (primary N) is 1. The Balaban J connectivity index is 2.12. The lowest BCUT2D eigenvalue weighted by atomic mass is 10.2. The van der Waals surface area contributed by atoms with E-state index in [4.69, 9.17) is 5.73 Å². The summed E-state index contributed by atoms with van der Waals surface area (Å²) >= 11 is 0. The summed E-state index contributed by atoms with van der Waals surface area (Å²) in [5, 5.41) is 3.54. The summed E-state index contributed by atoms with van der Waals surface area (Å²) < 4.78 is 44.4. The Bertz CT molecular complexity index is 701. The number of benzene rings is 1. The zero-order valence-corrected chi connectivity index (χ0v) is 11.4. The predicted octanol–water partition coefficient (Wildman–Crippen LogP) is 0.620. The van der Waals surface area contributed by atoms with Crippen LogP contribution in [0.25, 0.3) is 0 Å². The van der Waals surface area contributed by atoms with Crippen molar-refractivity contribution in [1.82, 2.24) is 14.9 Å². The first-order valence-corrected chi connectivity index (χ1v) is 7.19. The SMILES string of the molecule is Cc1cc(F)c(S(=O)(=O)NCCc2ncon2)cc1N. The Hall–Kier alpha value is -2.00. The summed E-state index contributed by atoms with van der Waals surface area (Å²) in [5.74, 6) is -0.486. The number of anilines is 1. The second-order valence-corrected chi connectivity index (χ2v) is 5.87. The van der Waals surface area contributed by atoms with Gasteiger partial charge in [0.25, 0.3) is 0 Å². The number of nitrogen functional groups attached to an aromatic ring is 1. The van der Waals surface area contributed by atoms with E-state index < -0.39 is 20.7 Å². The molecule has 2 rings (SSSR count). The van der Waals surface area contributed by atoms with Gasteiger partial charge >= 0.3 is 0 Å². The number of sulfonamides is 1. The molecule has 0 spiro atoms. The van der Waals surface area contributed by atoms with Crippen molar-refractivity contribution in [1.29, 1.82) is 0 Å². The summed E-state index contributed by atoms with van der Waals surface area (Å²) in [5.41, 5.74) is 6.29. The summed E-state index contributed by atoms with van der Waals surface area (Å²) in [6.45, 7) is 1.62. The molecule has 1 heterocycles. The van der Waals surface area contributed by atoms with Crippen molar-refractivity contribution in [3.8, 4) is 0 Å². The Morgan fingerprint density at radius 2 is 2.20 bits per heavy atom. The maximum atomic E-state index is 13.7. The summed E-state index contributed by atoms with van der Waals surface area (Å²) in [6.07, 6.45) is 1.38. The fraction of sp³-hybridized carbons (Fsp3) is 0.273. The quantitative estimate of drug-likeness (QED) is 0.783. The van der Waals surface area contributed by atoms with E-state index >= 15 is 0 Å². The number of halogens is 1. The first-order valence-electron chi connectivity index (χ1n) is 5.70. The number of rotatable bonds is 5. The van der Waals surface area contributed by atoms with Crippen LogP contribution in [0.15, 0.2) is 27.9 Å². The van der Waals surface area contributed by atoms with Crippen LogP contribution < -0.4 is 10.5 Å². The molecule has 7 nitrogen and oxygen atoms in total. The highest BCUT2D eigenvalue weighted by molar-refractivity contribution is 7.89. The Morgan fingerprint density at radius 3 is 2.85 bits per heavy atom. The first-order chi connectivity index (χ1) is 9.40. The molecule has 0 amide bonds. The lowest BCUT2D eigenvalue weighted by Gasteiger charge is -2.09. The first kappa shape index (κ1) is 14.4. The maximum absolute atomic E-state index is 13.7. The molecular weight excluding hydrogens is 287 g/mol. The summed E-state index contributed by atoms with van der Waals surface area (Å²) in [6, 6.07) is 2.18. The third-order valence-corrected chi connectivity index (χ3v) is 4.13. The van der Waals surface area contributed by atoms with Crippen LogP contribution in [0.1, 0.15) is 11.4 Å². The molecule has 0 bridgehead atoms. The second kappa shape index (κ2) is 5.55. The fourth-order valence-corrected chi connectivity index (χ4v) is 2.68. The highest BCUT2D eigenvalue weighted by Crippen LogP contribution is 2.21. The van der Waals surface area contributed by atoms with Crippen LogP contribution in [-0.2, 0) is 16.4 Å².